The van der Waals surface area contributed by atoms with Gasteiger partial charge >= 0.3 is 0 Å². The second kappa shape index (κ2) is 12.4. The number of amides is 1. The van der Waals surface area contributed by atoms with Gasteiger partial charge in [0.05, 0.1) is 7.11 Å². The summed E-state index contributed by atoms with van der Waals surface area (Å²) in [6.07, 6.45) is 7.88. The van der Waals surface area contributed by atoms with Gasteiger partial charge in [0, 0.05) is 40.3 Å². The molecule has 1 aromatic rings. The quantitative estimate of drug-likeness (QED) is 0.303. The predicted octanol–water partition coefficient (Wildman–Crippen LogP) is 3.41. The number of unbranched alkanes of at least 4 members (excludes halogenated alkanes) is 2. The van der Waals surface area contributed by atoms with E-state index in [2.05, 4.69) is 31.3 Å². The molecule has 0 heterocycles. The van der Waals surface area contributed by atoms with Gasteiger partial charge in [0.1, 0.15) is 0 Å². The molecule has 0 saturated carbocycles. The molecule has 0 unspecified atom stereocenters. The number of hydrogen-bond acceptors (Lipinski definition) is 3. The summed E-state index contributed by atoms with van der Waals surface area (Å²) in [7, 11) is 1.51. The third-order valence-electron chi connectivity index (χ3n) is 3.28. The Hall–Kier alpha value is -1.05. The Balaban J connectivity index is 0.00000484. The van der Waals surface area contributed by atoms with E-state index < -0.39 is 0 Å². The Morgan fingerprint density at radius 3 is 2.74 bits per heavy atom. The van der Waals surface area contributed by atoms with Gasteiger partial charge in [-0.1, -0.05) is 32.1 Å². The summed E-state index contributed by atoms with van der Waals surface area (Å²) in [6.45, 7) is 4.76. The second-order valence-electron chi connectivity index (χ2n) is 5.70. The van der Waals surface area contributed by atoms with Gasteiger partial charge in [-0.15, -0.1) is 0 Å². The summed E-state index contributed by atoms with van der Waals surface area (Å²) < 4.78 is 5.04. The number of methoxy groups -OCH3 is 1. The van der Waals surface area contributed by atoms with Crippen LogP contribution >= 0.6 is 0 Å². The van der Waals surface area contributed by atoms with Crippen molar-refractivity contribution >= 4 is 33.2 Å². The van der Waals surface area contributed by atoms with E-state index >= 15 is 0 Å². The van der Waals surface area contributed by atoms with E-state index in [1.165, 1.54) is 7.11 Å². The number of phenolic OH excluding ortho intramolecular Hbond substituents is 1. The van der Waals surface area contributed by atoms with Crippen molar-refractivity contribution in [3.63, 3.8) is 0 Å². The summed E-state index contributed by atoms with van der Waals surface area (Å²) >= 11 is 0. The van der Waals surface area contributed by atoms with Gasteiger partial charge in [-0.25, -0.2) is 0 Å². The molecule has 0 fully saturated rings. The zero-order chi connectivity index (χ0) is 16.4. The van der Waals surface area contributed by atoms with E-state index in [-0.39, 0.29) is 39.0 Å². The van der Waals surface area contributed by atoms with Crippen LogP contribution in [0.2, 0.25) is 0 Å². The van der Waals surface area contributed by atoms with E-state index in [1.807, 2.05) is 0 Å². The van der Waals surface area contributed by atoms with Crippen molar-refractivity contribution in [1.29, 1.82) is 0 Å². The Morgan fingerprint density at radius 1 is 1.35 bits per heavy atom. The molecule has 5 heteroatoms. The van der Waals surface area contributed by atoms with Crippen molar-refractivity contribution in [3.8, 4) is 11.5 Å². The second-order valence-corrected chi connectivity index (χ2v) is 5.70. The number of phenols is 1. The average molecular weight is 513 g/mol. The monoisotopic (exact) mass is 513 g/mol. The van der Waals surface area contributed by atoms with Crippen LogP contribution in [0.1, 0.15) is 45.1 Å². The van der Waals surface area contributed by atoms with Crippen molar-refractivity contribution in [3.05, 3.63) is 35.9 Å². The Bertz CT molecular complexity index is 501. The number of benzene rings is 1. The number of carbonyl (C=O) groups is 1. The average Bonchev–Trinajstić information content (AvgIpc) is 2.49. The Kier molecular flexibility index (Phi) is 11.8. The molecule has 1 aromatic carbocycles. The SMILES string of the molecule is COc1cc(CNC(=O)CCCC/C=C/C(C)C)ccc1O.[Pb]. The number of allylic oxidation sites excluding steroid dienone is 2. The van der Waals surface area contributed by atoms with E-state index in [1.54, 1.807) is 18.2 Å². The smallest absolute Gasteiger partial charge is 0.220 e. The van der Waals surface area contributed by atoms with Crippen molar-refractivity contribution in [2.45, 2.75) is 46.1 Å². The largest absolute Gasteiger partial charge is 0.504 e. The molecule has 0 aliphatic carbocycles. The van der Waals surface area contributed by atoms with Gasteiger partial charge in [0.2, 0.25) is 5.91 Å². The minimum absolute atomic E-state index is 0. The van der Waals surface area contributed by atoms with Crippen LogP contribution in [0.15, 0.2) is 30.4 Å². The number of hydrogen-bond donors (Lipinski definition) is 2. The molecule has 0 aromatic heterocycles. The molecule has 4 radical (unpaired) electrons. The molecule has 0 saturated heterocycles. The maximum absolute atomic E-state index is 11.8. The number of rotatable bonds is 9. The van der Waals surface area contributed by atoms with E-state index in [9.17, 15) is 9.90 Å². The zero-order valence-corrected chi connectivity index (χ0v) is 18.2. The minimum atomic E-state index is 0. The van der Waals surface area contributed by atoms with Gasteiger partial charge in [0.15, 0.2) is 11.5 Å². The van der Waals surface area contributed by atoms with Crippen molar-refractivity contribution in [2.75, 3.05) is 7.11 Å². The maximum Gasteiger partial charge on any atom is 0.220 e. The van der Waals surface area contributed by atoms with Gasteiger partial charge < -0.3 is 15.2 Å². The van der Waals surface area contributed by atoms with Crippen molar-refractivity contribution in [2.24, 2.45) is 5.92 Å². The number of aromatic hydroxyl groups is 1. The maximum atomic E-state index is 11.8. The molecule has 4 nitrogen and oxygen atoms in total. The minimum Gasteiger partial charge on any atom is -0.504 e. The van der Waals surface area contributed by atoms with Crippen molar-refractivity contribution in [1.82, 2.24) is 5.32 Å². The molecule has 0 aliphatic rings. The fourth-order valence-corrected chi connectivity index (χ4v) is 2.04. The Morgan fingerprint density at radius 2 is 2.09 bits per heavy atom. The number of carbonyl (C=O) groups excluding carboxylic acids is 1. The molecular formula is C18H27NO3Pb. The third-order valence-corrected chi connectivity index (χ3v) is 3.28. The summed E-state index contributed by atoms with van der Waals surface area (Å²) in [5.41, 5.74) is 0.905. The fraction of sp³-hybridized carbons (Fsp3) is 0.500. The van der Waals surface area contributed by atoms with Crippen LogP contribution < -0.4 is 10.1 Å². The first kappa shape index (κ1) is 22.0. The first-order chi connectivity index (χ1) is 10.5. The molecule has 0 bridgehead atoms. The Labute approximate surface area is 159 Å². The topological polar surface area (TPSA) is 58.6 Å². The normalized spacial score (nSPS) is 10.6. The van der Waals surface area contributed by atoms with E-state index in [0.29, 0.717) is 24.6 Å². The van der Waals surface area contributed by atoms with Crippen LogP contribution in [0.25, 0.3) is 0 Å². The number of ether oxygens (including phenoxy) is 1. The standard InChI is InChI=1S/C18H27NO3.Pb/c1-14(2)8-6-4-5-7-9-18(21)19-13-15-10-11-16(20)17(12-15)22-3;/h6,8,10-12,14,20H,4-5,7,9,13H2,1-3H3,(H,19,21);/b8-6+;. The molecule has 0 aliphatic heterocycles. The number of nitrogens with one attached hydrogen (secondary N) is 1. The summed E-state index contributed by atoms with van der Waals surface area (Å²) in [6, 6.07) is 5.07. The van der Waals surface area contributed by atoms with Gasteiger partial charge in [0.25, 0.3) is 0 Å². The fourth-order valence-electron chi connectivity index (χ4n) is 2.04. The van der Waals surface area contributed by atoms with Crippen molar-refractivity contribution < 1.29 is 14.6 Å². The summed E-state index contributed by atoms with van der Waals surface area (Å²) in [4.78, 5) is 11.8. The molecule has 0 spiro atoms. The molecule has 0 atom stereocenters. The van der Waals surface area contributed by atoms with Gasteiger partial charge in [-0.3, -0.25) is 4.79 Å². The van der Waals surface area contributed by atoms with Crippen LogP contribution in [0.5, 0.6) is 11.5 Å². The first-order valence-electron chi connectivity index (χ1n) is 7.82. The molecule has 1 rings (SSSR count). The van der Waals surface area contributed by atoms with Crippen LogP contribution in [-0.2, 0) is 11.3 Å². The van der Waals surface area contributed by atoms with Gasteiger partial charge in [-0.2, -0.15) is 0 Å². The predicted molar refractivity (Wildman–Crippen MR) is 94.7 cm³/mol. The van der Waals surface area contributed by atoms with E-state index in [4.69, 9.17) is 4.74 Å². The van der Waals surface area contributed by atoms with E-state index in [0.717, 1.165) is 24.8 Å². The van der Waals surface area contributed by atoms with Crippen LogP contribution in [0.4, 0.5) is 0 Å². The summed E-state index contributed by atoms with van der Waals surface area (Å²) in [5, 5.41) is 12.4. The molecule has 126 valence electrons. The molecule has 23 heavy (non-hydrogen) atoms. The molecular weight excluding hydrogens is 485 g/mol. The zero-order valence-electron chi connectivity index (χ0n) is 14.3. The van der Waals surface area contributed by atoms with Crippen LogP contribution in [-0.4, -0.2) is 45.4 Å². The van der Waals surface area contributed by atoms with Crippen LogP contribution in [0.3, 0.4) is 0 Å². The third kappa shape index (κ3) is 9.63. The molecule has 2 N–H and O–H groups in total. The van der Waals surface area contributed by atoms with Crippen LogP contribution in [0, 0.1) is 5.92 Å². The summed E-state index contributed by atoms with van der Waals surface area (Å²) in [5.74, 6) is 1.17. The molecule has 1 amide bonds. The first-order valence-corrected chi connectivity index (χ1v) is 7.82. The van der Waals surface area contributed by atoms with Gasteiger partial charge in [-0.05, 0) is 42.9 Å².